The van der Waals surface area contributed by atoms with Gasteiger partial charge >= 0.3 is 12.3 Å². The fourth-order valence-electron chi connectivity index (χ4n) is 2.20. The molecule has 0 saturated heterocycles. The van der Waals surface area contributed by atoms with Crippen molar-refractivity contribution in [1.82, 2.24) is 9.97 Å². The molecule has 0 amide bonds. The molecule has 2 aromatic heterocycles. The van der Waals surface area contributed by atoms with Crippen LogP contribution in [0.4, 0.5) is 13.2 Å². The molecular formula is C16H10ClF3N2O3. The number of hydrogen-bond acceptors (Lipinski definition) is 4. The van der Waals surface area contributed by atoms with Crippen molar-refractivity contribution in [2.24, 2.45) is 0 Å². The number of aromatic nitrogens is 2. The van der Waals surface area contributed by atoms with Crippen molar-refractivity contribution >= 4 is 28.6 Å². The highest BCUT2D eigenvalue weighted by Crippen LogP contribution is 2.28. The summed E-state index contributed by atoms with van der Waals surface area (Å²) in [5, 5.41) is 0.601. The van der Waals surface area contributed by atoms with E-state index in [2.05, 4.69) is 14.7 Å². The summed E-state index contributed by atoms with van der Waals surface area (Å²) in [6.07, 6.45) is -1.70. The summed E-state index contributed by atoms with van der Waals surface area (Å²) in [6, 6.07) is 6.61. The van der Waals surface area contributed by atoms with Crippen LogP contribution in [0.2, 0.25) is 5.02 Å². The lowest BCUT2D eigenvalue weighted by molar-refractivity contribution is -0.274. The van der Waals surface area contributed by atoms with Gasteiger partial charge in [0.2, 0.25) is 0 Å². The molecule has 2 heterocycles. The Balaban J connectivity index is 1.71. The molecule has 0 saturated carbocycles. The van der Waals surface area contributed by atoms with Gasteiger partial charge in [-0.05, 0) is 24.3 Å². The molecule has 130 valence electrons. The van der Waals surface area contributed by atoms with E-state index in [1.54, 1.807) is 12.3 Å². The van der Waals surface area contributed by atoms with Gasteiger partial charge in [0.05, 0.1) is 10.6 Å². The Bertz CT molecular complexity index is 924. The summed E-state index contributed by atoms with van der Waals surface area (Å²) in [4.78, 5) is 19.2. The average molecular weight is 371 g/mol. The lowest BCUT2D eigenvalue weighted by Gasteiger charge is -2.11. The normalized spacial score (nSPS) is 11.5. The zero-order valence-corrected chi connectivity index (χ0v) is 13.2. The molecule has 0 aliphatic rings. The second-order valence-corrected chi connectivity index (χ2v) is 5.38. The van der Waals surface area contributed by atoms with Crippen LogP contribution in [0.3, 0.4) is 0 Å². The summed E-state index contributed by atoms with van der Waals surface area (Å²) in [7, 11) is 0. The van der Waals surface area contributed by atoms with E-state index in [1.807, 2.05) is 0 Å². The third-order valence-corrected chi connectivity index (χ3v) is 3.65. The fourth-order valence-corrected chi connectivity index (χ4v) is 2.43. The molecule has 9 heteroatoms. The predicted octanol–water partition coefficient (Wildman–Crippen LogP) is 4.47. The lowest BCUT2D eigenvalue weighted by Crippen LogP contribution is -2.17. The van der Waals surface area contributed by atoms with E-state index in [4.69, 9.17) is 16.3 Å². The zero-order valence-electron chi connectivity index (χ0n) is 12.4. The van der Waals surface area contributed by atoms with E-state index in [9.17, 15) is 18.0 Å². The van der Waals surface area contributed by atoms with E-state index in [0.717, 1.165) is 12.1 Å². The van der Waals surface area contributed by atoms with Gasteiger partial charge in [-0.2, -0.15) is 0 Å². The van der Waals surface area contributed by atoms with Crippen molar-refractivity contribution in [2.75, 3.05) is 0 Å². The van der Waals surface area contributed by atoms with Gasteiger partial charge in [-0.3, -0.25) is 0 Å². The molecule has 0 unspecified atom stereocenters. The van der Waals surface area contributed by atoms with Crippen LogP contribution in [0, 0.1) is 0 Å². The number of aromatic amines is 1. The van der Waals surface area contributed by atoms with Crippen LogP contribution in [0.5, 0.6) is 5.75 Å². The van der Waals surface area contributed by atoms with Crippen molar-refractivity contribution in [1.29, 1.82) is 0 Å². The number of rotatable bonds is 4. The fraction of sp³-hybridized carbons (Fsp3) is 0.125. The zero-order chi connectivity index (χ0) is 18.0. The van der Waals surface area contributed by atoms with Crippen molar-refractivity contribution < 1.29 is 27.4 Å². The number of carbonyl (C=O) groups is 1. The Morgan fingerprint density at radius 2 is 2.04 bits per heavy atom. The topological polar surface area (TPSA) is 64.2 Å². The van der Waals surface area contributed by atoms with Gasteiger partial charge < -0.3 is 14.5 Å². The summed E-state index contributed by atoms with van der Waals surface area (Å²) >= 11 is 5.91. The van der Waals surface area contributed by atoms with Crippen LogP contribution in [0.1, 0.15) is 15.9 Å². The van der Waals surface area contributed by atoms with Gasteiger partial charge in [0.1, 0.15) is 18.0 Å². The van der Waals surface area contributed by atoms with Crippen LogP contribution in [0.25, 0.3) is 11.0 Å². The highest BCUT2D eigenvalue weighted by atomic mass is 35.5. The average Bonchev–Trinajstić information content (AvgIpc) is 3.00. The molecular weight excluding hydrogens is 361 g/mol. The van der Waals surface area contributed by atoms with Gasteiger partial charge in [0.25, 0.3) is 0 Å². The number of fused-ring (bicyclic) bond motifs is 1. The minimum Gasteiger partial charge on any atom is -0.457 e. The Morgan fingerprint density at radius 3 is 2.76 bits per heavy atom. The molecule has 3 aromatic rings. The molecule has 0 bridgehead atoms. The second-order valence-electron chi connectivity index (χ2n) is 4.98. The van der Waals surface area contributed by atoms with Gasteiger partial charge in [-0.25, -0.2) is 9.78 Å². The molecule has 25 heavy (non-hydrogen) atoms. The van der Waals surface area contributed by atoms with Crippen LogP contribution in [-0.4, -0.2) is 22.3 Å². The van der Waals surface area contributed by atoms with E-state index < -0.39 is 18.1 Å². The summed E-state index contributed by atoms with van der Waals surface area (Å²) in [6.45, 7) is -0.196. The third kappa shape index (κ3) is 4.03. The molecule has 1 aromatic carbocycles. The number of esters is 1. The maximum absolute atomic E-state index is 12.2. The molecule has 0 spiro atoms. The van der Waals surface area contributed by atoms with Gasteiger partial charge in [0, 0.05) is 23.3 Å². The number of pyridine rings is 1. The number of benzene rings is 1. The van der Waals surface area contributed by atoms with Gasteiger partial charge in [-0.15, -0.1) is 13.2 Å². The summed E-state index contributed by atoms with van der Waals surface area (Å²) in [5.41, 5.74) is 1.21. The van der Waals surface area contributed by atoms with E-state index in [0.29, 0.717) is 22.2 Å². The number of H-pyrrole nitrogens is 1. The van der Waals surface area contributed by atoms with E-state index >= 15 is 0 Å². The number of carbonyl (C=O) groups excluding carboxylic acids is 1. The highest BCUT2D eigenvalue weighted by molar-refractivity contribution is 6.31. The summed E-state index contributed by atoms with van der Waals surface area (Å²) < 4.78 is 45.5. The maximum atomic E-state index is 12.2. The van der Waals surface area contributed by atoms with Crippen LogP contribution in [0.15, 0.2) is 42.7 Å². The molecule has 0 aliphatic heterocycles. The van der Waals surface area contributed by atoms with Crippen LogP contribution >= 0.6 is 11.6 Å². The Morgan fingerprint density at radius 1 is 1.24 bits per heavy atom. The van der Waals surface area contributed by atoms with Crippen molar-refractivity contribution in [3.8, 4) is 5.75 Å². The van der Waals surface area contributed by atoms with Crippen molar-refractivity contribution in [3.63, 3.8) is 0 Å². The van der Waals surface area contributed by atoms with Crippen molar-refractivity contribution in [2.45, 2.75) is 13.0 Å². The largest absolute Gasteiger partial charge is 0.573 e. The second kappa shape index (κ2) is 6.64. The number of hydrogen-bond donors (Lipinski definition) is 1. The van der Waals surface area contributed by atoms with Gasteiger partial charge in [-0.1, -0.05) is 17.7 Å². The van der Waals surface area contributed by atoms with Gasteiger partial charge in [0.15, 0.2) is 0 Å². The molecule has 0 aliphatic carbocycles. The molecule has 3 rings (SSSR count). The predicted molar refractivity (Wildman–Crippen MR) is 83.3 cm³/mol. The number of nitrogens with zero attached hydrogens (tertiary/aromatic N) is 1. The Labute approximate surface area is 144 Å². The van der Waals surface area contributed by atoms with E-state index in [1.165, 1.54) is 18.3 Å². The number of nitrogens with one attached hydrogen (secondary N) is 1. The molecule has 0 radical (unpaired) electrons. The third-order valence-electron chi connectivity index (χ3n) is 3.30. The smallest absolute Gasteiger partial charge is 0.457 e. The first-order valence-corrected chi connectivity index (χ1v) is 7.35. The number of halogens is 4. The first kappa shape index (κ1) is 17.1. The Hall–Kier alpha value is -2.74. The van der Waals surface area contributed by atoms with Crippen molar-refractivity contribution in [3.05, 3.63) is 58.9 Å². The van der Waals surface area contributed by atoms with E-state index in [-0.39, 0.29) is 11.6 Å². The first-order chi connectivity index (χ1) is 11.8. The highest BCUT2D eigenvalue weighted by Gasteiger charge is 2.31. The maximum Gasteiger partial charge on any atom is 0.573 e. The quantitative estimate of drug-likeness (QED) is 0.688. The SMILES string of the molecule is O=C(OCc1ccc(OC(F)(F)F)cc1Cl)c1ccnc2[nH]ccc12. The number of alkyl halides is 3. The molecule has 0 atom stereocenters. The molecule has 1 N–H and O–H groups in total. The molecule has 0 fully saturated rings. The Kier molecular flexibility index (Phi) is 4.54. The van der Waals surface area contributed by atoms with Crippen LogP contribution < -0.4 is 4.74 Å². The monoisotopic (exact) mass is 370 g/mol. The summed E-state index contributed by atoms with van der Waals surface area (Å²) in [5.74, 6) is -1.05. The number of ether oxygens (including phenoxy) is 2. The minimum absolute atomic E-state index is 0.00364. The first-order valence-electron chi connectivity index (χ1n) is 6.97. The lowest BCUT2D eigenvalue weighted by atomic mass is 10.2. The van der Waals surface area contributed by atoms with Crippen LogP contribution in [-0.2, 0) is 11.3 Å². The minimum atomic E-state index is -4.80. The molecule has 5 nitrogen and oxygen atoms in total. The standard InChI is InChI=1S/C16H10ClF3N2O3/c17-13-7-10(25-16(18,19)20)2-1-9(13)8-24-15(23)12-4-6-22-14-11(12)3-5-21-14/h1-7H,8H2,(H,21,22).